The van der Waals surface area contributed by atoms with Gasteiger partial charge >= 0.3 is 0 Å². The van der Waals surface area contributed by atoms with Gasteiger partial charge in [-0.3, -0.25) is 0 Å². The van der Waals surface area contributed by atoms with E-state index >= 15 is 0 Å². The average molecular weight is 303 g/mol. The molecule has 0 radical (unpaired) electrons. The Morgan fingerprint density at radius 3 is 2.48 bits per heavy atom. The molecule has 2 unspecified atom stereocenters. The molecule has 21 heavy (non-hydrogen) atoms. The fraction of sp³-hybridized carbons (Fsp3) is 0.333. The summed E-state index contributed by atoms with van der Waals surface area (Å²) in [5, 5.41) is -0.166. The van der Waals surface area contributed by atoms with Crippen molar-refractivity contribution in [3.63, 3.8) is 0 Å². The minimum absolute atomic E-state index is 0.0174. The lowest BCUT2D eigenvalue weighted by Crippen LogP contribution is -2.19. The Hall–Kier alpha value is -1.67. The molecular formula is C18H19ClO2. The zero-order valence-electron chi connectivity index (χ0n) is 12.5. The molecule has 2 aromatic carbocycles. The normalized spacial score (nSPS) is 18.0. The van der Waals surface area contributed by atoms with Gasteiger partial charge in [-0.15, -0.1) is 11.6 Å². The molecule has 1 aliphatic rings. The van der Waals surface area contributed by atoms with Crippen LogP contribution in [0.2, 0.25) is 0 Å². The number of hydrogen-bond acceptors (Lipinski definition) is 2. The quantitative estimate of drug-likeness (QED) is 0.772. The lowest BCUT2D eigenvalue weighted by atomic mass is 9.98. The first kappa shape index (κ1) is 14.3. The summed E-state index contributed by atoms with van der Waals surface area (Å²) in [6.45, 7) is 4.09. The Bertz CT molecular complexity index is 618. The van der Waals surface area contributed by atoms with Gasteiger partial charge in [0.1, 0.15) is 17.6 Å². The number of alkyl halides is 1. The largest absolute Gasteiger partial charge is 0.496 e. The van der Waals surface area contributed by atoms with Crippen LogP contribution < -0.4 is 9.47 Å². The third kappa shape index (κ3) is 2.60. The maximum atomic E-state index is 6.68. The molecule has 0 aromatic heterocycles. The predicted molar refractivity (Wildman–Crippen MR) is 85.6 cm³/mol. The first-order valence-corrected chi connectivity index (χ1v) is 7.57. The number of para-hydroxylation sites is 1. The Balaban J connectivity index is 1.86. The van der Waals surface area contributed by atoms with Crippen LogP contribution in [0, 0.1) is 13.8 Å². The number of halogens is 1. The van der Waals surface area contributed by atoms with Crippen LogP contribution in [0.3, 0.4) is 0 Å². The van der Waals surface area contributed by atoms with E-state index in [1.165, 1.54) is 5.56 Å². The van der Waals surface area contributed by atoms with Crippen LogP contribution in [-0.4, -0.2) is 13.2 Å². The van der Waals surface area contributed by atoms with Crippen molar-refractivity contribution in [3.8, 4) is 11.5 Å². The van der Waals surface area contributed by atoms with Crippen LogP contribution in [0.1, 0.15) is 27.6 Å². The molecular weight excluding hydrogens is 284 g/mol. The zero-order valence-corrected chi connectivity index (χ0v) is 13.3. The van der Waals surface area contributed by atoms with Gasteiger partial charge in [0.15, 0.2) is 0 Å². The molecule has 0 aliphatic carbocycles. The smallest absolute Gasteiger partial charge is 0.124 e. The van der Waals surface area contributed by atoms with Crippen LogP contribution in [-0.2, 0) is 6.42 Å². The van der Waals surface area contributed by atoms with E-state index in [-0.39, 0.29) is 11.5 Å². The lowest BCUT2D eigenvalue weighted by molar-refractivity contribution is 0.227. The fourth-order valence-electron chi connectivity index (χ4n) is 3.05. The second-order valence-corrected chi connectivity index (χ2v) is 6.03. The number of rotatable bonds is 3. The molecule has 110 valence electrons. The van der Waals surface area contributed by atoms with Crippen molar-refractivity contribution in [2.24, 2.45) is 0 Å². The van der Waals surface area contributed by atoms with E-state index in [0.29, 0.717) is 0 Å². The molecule has 1 heterocycles. The summed E-state index contributed by atoms with van der Waals surface area (Å²) in [5.74, 6) is 1.88. The SMILES string of the molecule is COc1c(C)cc(C(Cl)C2Cc3ccccc3O2)cc1C. The molecule has 2 atom stereocenters. The second-order valence-electron chi connectivity index (χ2n) is 5.56. The van der Waals surface area contributed by atoms with Gasteiger partial charge in [0.25, 0.3) is 0 Å². The van der Waals surface area contributed by atoms with E-state index in [9.17, 15) is 0 Å². The maximum absolute atomic E-state index is 6.68. The summed E-state index contributed by atoms with van der Waals surface area (Å²) in [4.78, 5) is 0. The van der Waals surface area contributed by atoms with E-state index in [4.69, 9.17) is 21.1 Å². The van der Waals surface area contributed by atoms with Crippen molar-refractivity contribution < 1.29 is 9.47 Å². The van der Waals surface area contributed by atoms with Gasteiger partial charge in [-0.25, -0.2) is 0 Å². The minimum Gasteiger partial charge on any atom is -0.496 e. The van der Waals surface area contributed by atoms with E-state index in [1.807, 2.05) is 32.0 Å². The second kappa shape index (κ2) is 5.61. The van der Waals surface area contributed by atoms with E-state index in [0.717, 1.165) is 34.6 Å². The van der Waals surface area contributed by atoms with Gasteiger partial charge in [-0.05, 0) is 42.2 Å². The third-order valence-electron chi connectivity index (χ3n) is 4.00. The molecule has 2 nitrogen and oxygen atoms in total. The van der Waals surface area contributed by atoms with Gasteiger partial charge in [0.2, 0.25) is 0 Å². The number of hydrogen-bond donors (Lipinski definition) is 0. The first-order valence-electron chi connectivity index (χ1n) is 7.14. The lowest BCUT2D eigenvalue weighted by Gasteiger charge is -2.20. The van der Waals surface area contributed by atoms with Crippen molar-refractivity contribution >= 4 is 11.6 Å². The molecule has 0 spiro atoms. The van der Waals surface area contributed by atoms with Gasteiger partial charge in [0, 0.05) is 6.42 Å². The molecule has 0 fully saturated rings. The summed E-state index contributed by atoms with van der Waals surface area (Å²) in [5.41, 5.74) is 4.53. The van der Waals surface area contributed by atoms with E-state index in [1.54, 1.807) is 7.11 Å². The molecule has 2 aromatic rings. The molecule has 3 rings (SSSR count). The number of fused-ring (bicyclic) bond motifs is 1. The number of ether oxygens (including phenoxy) is 2. The summed E-state index contributed by atoms with van der Waals surface area (Å²) >= 11 is 6.68. The number of aryl methyl sites for hydroxylation is 2. The Kier molecular flexibility index (Phi) is 3.81. The van der Waals surface area contributed by atoms with Crippen LogP contribution in [0.5, 0.6) is 11.5 Å². The van der Waals surface area contributed by atoms with Gasteiger partial charge in [-0.2, -0.15) is 0 Å². The summed E-state index contributed by atoms with van der Waals surface area (Å²) in [7, 11) is 1.70. The molecule has 0 bridgehead atoms. The van der Waals surface area contributed by atoms with Crippen molar-refractivity contribution in [2.45, 2.75) is 31.7 Å². The topological polar surface area (TPSA) is 18.5 Å². The van der Waals surface area contributed by atoms with Crippen LogP contribution in [0.15, 0.2) is 36.4 Å². The fourth-order valence-corrected chi connectivity index (χ4v) is 3.32. The Morgan fingerprint density at radius 1 is 1.19 bits per heavy atom. The number of benzene rings is 2. The molecule has 0 amide bonds. The third-order valence-corrected chi connectivity index (χ3v) is 4.54. The minimum atomic E-state index is -0.166. The zero-order chi connectivity index (χ0) is 15.0. The van der Waals surface area contributed by atoms with Gasteiger partial charge in [0.05, 0.1) is 12.5 Å². The highest BCUT2D eigenvalue weighted by Gasteiger charge is 2.30. The Labute approximate surface area is 130 Å². The summed E-state index contributed by atoms with van der Waals surface area (Å²) in [6.07, 6.45) is 0.838. The molecule has 0 saturated carbocycles. The molecule has 0 N–H and O–H groups in total. The standard InChI is InChI=1S/C18H19ClO2/c1-11-8-14(9-12(2)18(11)20-3)17(19)16-10-13-6-4-5-7-15(13)21-16/h4-9,16-17H,10H2,1-3H3. The van der Waals surface area contributed by atoms with Crippen molar-refractivity contribution in [2.75, 3.05) is 7.11 Å². The van der Waals surface area contributed by atoms with E-state index < -0.39 is 0 Å². The maximum Gasteiger partial charge on any atom is 0.124 e. The van der Waals surface area contributed by atoms with Crippen LogP contribution in [0.4, 0.5) is 0 Å². The van der Waals surface area contributed by atoms with Crippen molar-refractivity contribution in [1.29, 1.82) is 0 Å². The first-order chi connectivity index (χ1) is 10.1. The summed E-state index contributed by atoms with van der Waals surface area (Å²) < 4.78 is 11.4. The average Bonchev–Trinajstić information content (AvgIpc) is 2.90. The number of methoxy groups -OCH3 is 1. The molecule has 0 saturated heterocycles. The van der Waals surface area contributed by atoms with Gasteiger partial charge < -0.3 is 9.47 Å². The van der Waals surface area contributed by atoms with Crippen molar-refractivity contribution in [1.82, 2.24) is 0 Å². The Morgan fingerprint density at radius 2 is 1.86 bits per heavy atom. The summed E-state index contributed by atoms with van der Waals surface area (Å²) in [6, 6.07) is 12.3. The monoisotopic (exact) mass is 302 g/mol. The van der Waals surface area contributed by atoms with Gasteiger partial charge in [-0.1, -0.05) is 30.3 Å². The van der Waals surface area contributed by atoms with Crippen LogP contribution >= 0.6 is 11.6 Å². The van der Waals surface area contributed by atoms with Crippen molar-refractivity contribution in [3.05, 3.63) is 58.7 Å². The molecule has 3 heteroatoms. The predicted octanol–water partition coefficient (Wildman–Crippen LogP) is 4.60. The van der Waals surface area contributed by atoms with Crippen LogP contribution in [0.25, 0.3) is 0 Å². The van der Waals surface area contributed by atoms with E-state index in [2.05, 4.69) is 18.2 Å². The highest BCUT2D eigenvalue weighted by Crippen LogP contribution is 2.38. The highest BCUT2D eigenvalue weighted by molar-refractivity contribution is 6.21. The highest BCUT2D eigenvalue weighted by atomic mass is 35.5. The molecule has 1 aliphatic heterocycles.